The average molecular weight is 236 g/mol. The van der Waals surface area contributed by atoms with Gasteiger partial charge in [0.2, 0.25) is 5.91 Å². The molecule has 0 saturated heterocycles. The number of carboxylic acids is 1. The van der Waals surface area contributed by atoms with Crippen molar-refractivity contribution in [3.63, 3.8) is 0 Å². The number of rotatable bonds is 5. The Bertz CT molecular complexity index is 418. The molecule has 0 aliphatic carbocycles. The summed E-state index contributed by atoms with van der Waals surface area (Å²) in [4.78, 5) is 21.8. The number of nitrogens with two attached hydrogens (primary N) is 1. The van der Waals surface area contributed by atoms with Gasteiger partial charge >= 0.3 is 5.97 Å². The van der Waals surface area contributed by atoms with Gasteiger partial charge in [-0.15, -0.1) is 0 Å². The van der Waals surface area contributed by atoms with Crippen LogP contribution < -0.4 is 11.1 Å². The minimum absolute atomic E-state index is 0.360. The van der Waals surface area contributed by atoms with Crippen LogP contribution in [0.1, 0.15) is 17.5 Å². The van der Waals surface area contributed by atoms with Gasteiger partial charge in [0.15, 0.2) is 0 Å². The van der Waals surface area contributed by atoms with Gasteiger partial charge in [-0.2, -0.15) is 0 Å². The molecule has 1 aromatic rings. The molecule has 0 aliphatic heterocycles. The van der Waals surface area contributed by atoms with Crippen LogP contribution >= 0.6 is 0 Å². The number of benzene rings is 1. The Morgan fingerprint density at radius 2 is 2.06 bits per heavy atom. The van der Waals surface area contributed by atoms with Gasteiger partial charge in [-0.05, 0) is 18.1 Å². The summed E-state index contributed by atoms with van der Waals surface area (Å²) < 4.78 is 0. The summed E-state index contributed by atoms with van der Waals surface area (Å²) in [6.07, 6.45) is -0.362. The topological polar surface area (TPSA) is 92.4 Å². The van der Waals surface area contributed by atoms with E-state index >= 15 is 0 Å². The van der Waals surface area contributed by atoms with E-state index in [1.165, 1.54) is 0 Å². The first-order valence-corrected chi connectivity index (χ1v) is 5.30. The Morgan fingerprint density at radius 3 is 2.65 bits per heavy atom. The molecule has 0 aliphatic rings. The molecule has 0 radical (unpaired) electrons. The summed E-state index contributed by atoms with van der Waals surface area (Å²) in [5.41, 5.74) is 7.49. The van der Waals surface area contributed by atoms with Gasteiger partial charge in [-0.25, -0.2) is 0 Å². The Kier molecular flexibility index (Phi) is 4.66. The van der Waals surface area contributed by atoms with Gasteiger partial charge in [0, 0.05) is 6.54 Å². The molecule has 0 saturated carbocycles. The first-order valence-electron chi connectivity index (χ1n) is 5.30. The van der Waals surface area contributed by atoms with Gasteiger partial charge in [-0.3, -0.25) is 9.59 Å². The molecule has 1 rings (SSSR count). The van der Waals surface area contributed by atoms with Crippen LogP contribution in [0.2, 0.25) is 0 Å². The highest BCUT2D eigenvalue weighted by Gasteiger charge is 2.16. The second kappa shape index (κ2) is 6.00. The Morgan fingerprint density at radius 1 is 1.41 bits per heavy atom. The minimum atomic E-state index is -1.08. The van der Waals surface area contributed by atoms with E-state index < -0.39 is 17.9 Å². The molecule has 5 heteroatoms. The molecule has 0 aromatic heterocycles. The van der Waals surface area contributed by atoms with Crippen molar-refractivity contribution < 1.29 is 14.7 Å². The highest BCUT2D eigenvalue weighted by molar-refractivity contribution is 5.85. The van der Waals surface area contributed by atoms with Gasteiger partial charge in [-0.1, -0.05) is 24.3 Å². The predicted molar refractivity (Wildman–Crippen MR) is 63.3 cm³/mol. The van der Waals surface area contributed by atoms with Crippen LogP contribution in [0.15, 0.2) is 24.3 Å². The lowest BCUT2D eigenvalue weighted by molar-refractivity contribution is -0.139. The van der Waals surface area contributed by atoms with Crippen LogP contribution in [0.5, 0.6) is 0 Å². The molecule has 1 aromatic carbocycles. The third-order valence-electron chi connectivity index (χ3n) is 2.45. The molecule has 0 heterocycles. The Labute approximate surface area is 99.6 Å². The fourth-order valence-corrected chi connectivity index (χ4v) is 1.40. The molecule has 17 heavy (non-hydrogen) atoms. The smallest absolute Gasteiger partial charge is 0.305 e. The number of aryl methyl sites for hydroxylation is 1. The lowest BCUT2D eigenvalue weighted by Gasteiger charge is -2.11. The van der Waals surface area contributed by atoms with E-state index in [-0.39, 0.29) is 6.42 Å². The number of hydrogen-bond donors (Lipinski definition) is 3. The SMILES string of the molecule is Cc1ccccc1CNC(=O)C(N)CC(=O)O. The number of carbonyl (C=O) groups excluding carboxylic acids is 1. The lowest BCUT2D eigenvalue weighted by Crippen LogP contribution is -2.41. The monoisotopic (exact) mass is 236 g/mol. The summed E-state index contributed by atoms with van der Waals surface area (Å²) in [6, 6.07) is 6.64. The van der Waals surface area contributed by atoms with Crippen molar-refractivity contribution in [2.24, 2.45) is 5.73 Å². The van der Waals surface area contributed by atoms with Gasteiger partial charge in [0.05, 0.1) is 12.5 Å². The maximum atomic E-state index is 11.5. The van der Waals surface area contributed by atoms with Crippen LogP contribution in [-0.2, 0) is 16.1 Å². The largest absolute Gasteiger partial charge is 0.481 e. The van der Waals surface area contributed by atoms with Gasteiger partial charge in [0.25, 0.3) is 0 Å². The van der Waals surface area contributed by atoms with E-state index in [0.717, 1.165) is 11.1 Å². The Hall–Kier alpha value is -1.88. The second-order valence-electron chi connectivity index (χ2n) is 3.85. The zero-order valence-electron chi connectivity index (χ0n) is 9.64. The molecule has 0 bridgehead atoms. The summed E-state index contributed by atoms with van der Waals surface area (Å²) in [5, 5.41) is 11.1. The van der Waals surface area contributed by atoms with Crippen molar-refractivity contribution in [2.45, 2.75) is 25.9 Å². The first-order chi connectivity index (χ1) is 8.00. The number of hydrogen-bond acceptors (Lipinski definition) is 3. The van der Waals surface area contributed by atoms with Crippen LogP contribution in [0.25, 0.3) is 0 Å². The van der Waals surface area contributed by atoms with Crippen LogP contribution in [0.3, 0.4) is 0 Å². The summed E-state index contributed by atoms with van der Waals surface area (Å²) in [7, 11) is 0. The van der Waals surface area contributed by atoms with E-state index in [9.17, 15) is 9.59 Å². The first kappa shape index (κ1) is 13.2. The highest BCUT2D eigenvalue weighted by Crippen LogP contribution is 2.06. The number of amides is 1. The number of carbonyl (C=O) groups is 2. The molecular formula is C12H16N2O3. The van der Waals surface area contributed by atoms with Crippen LogP contribution in [-0.4, -0.2) is 23.0 Å². The van der Waals surface area contributed by atoms with Crippen molar-refractivity contribution >= 4 is 11.9 Å². The van der Waals surface area contributed by atoms with Crippen molar-refractivity contribution in [3.05, 3.63) is 35.4 Å². The van der Waals surface area contributed by atoms with E-state index in [0.29, 0.717) is 6.54 Å². The predicted octanol–water partition coefficient (Wildman–Crippen LogP) is 0.413. The van der Waals surface area contributed by atoms with E-state index in [2.05, 4.69) is 5.32 Å². The zero-order chi connectivity index (χ0) is 12.8. The molecular weight excluding hydrogens is 220 g/mol. The van der Waals surface area contributed by atoms with Crippen LogP contribution in [0.4, 0.5) is 0 Å². The minimum Gasteiger partial charge on any atom is -0.481 e. The molecule has 5 nitrogen and oxygen atoms in total. The lowest BCUT2D eigenvalue weighted by atomic mass is 10.1. The molecule has 1 unspecified atom stereocenters. The molecule has 0 fully saturated rings. The van der Waals surface area contributed by atoms with Gasteiger partial charge < -0.3 is 16.2 Å². The molecule has 1 amide bonds. The quantitative estimate of drug-likeness (QED) is 0.690. The zero-order valence-corrected chi connectivity index (χ0v) is 9.64. The fraction of sp³-hybridized carbons (Fsp3) is 0.333. The molecule has 1 atom stereocenters. The standard InChI is InChI=1S/C12H16N2O3/c1-8-4-2-3-5-9(8)7-14-12(17)10(13)6-11(15)16/h2-5,10H,6-7,13H2,1H3,(H,14,17)(H,15,16). The Balaban J connectivity index is 2.48. The average Bonchev–Trinajstić information content (AvgIpc) is 2.26. The third kappa shape index (κ3) is 4.24. The summed E-state index contributed by atoms with van der Waals surface area (Å²) in [5.74, 6) is -1.53. The molecule has 4 N–H and O–H groups in total. The highest BCUT2D eigenvalue weighted by atomic mass is 16.4. The summed E-state index contributed by atoms with van der Waals surface area (Å²) >= 11 is 0. The van der Waals surface area contributed by atoms with Crippen molar-refractivity contribution in [1.29, 1.82) is 0 Å². The fourth-order valence-electron chi connectivity index (χ4n) is 1.40. The maximum absolute atomic E-state index is 11.5. The number of nitrogens with one attached hydrogen (secondary N) is 1. The number of aliphatic carboxylic acids is 1. The molecule has 0 spiro atoms. The van der Waals surface area contributed by atoms with E-state index in [1.54, 1.807) is 0 Å². The van der Waals surface area contributed by atoms with Crippen molar-refractivity contribution in [3.8, 4) is 0 Å². The second-order valence-corrected chi connectivity index (χ2v) is 3.85. The third-order valence-corrected chi connectivity index (χ3v) is 2.45. The van der Waals surface area contributed by atoms with Crippen LogP contribution in [0, 0.1) is 6.92 Å². The van der Waals surface area contributed by atoms with Crippen molar-refractivity contribution in [1.82, 2.24) is 5.32 Å². The van der Waals surface area contributed by atoms with E-state index in [4.69, 9.17) is 10.8 Å². The molecule has 92 valence electrons. The maximum Gasteiger partial charge on any atom is 0.305 e. The van der Waals surface area contributed by atoms with E-state index in [1.807, 2.05) is 31.2 Å². The van der Waals surface area contributed by atoms with Gasteiger partial charge in [0.1, 0.15) is 0 Å². The van der Waals surface area contributed by atoms with Crippen molar-refractivity contribution in [2.75, 3.05) is 0 Å². The normalized spacial score (nSPS) is 11.9. The summed E-state index contributed by atoms with van der Waals surface area (Å²) in [6.45, 7) is 2.30. The number of carboxylic acid groups (broad SMARTS) is 1.